The van der Waals surface area contributed by atoms with Gasteiger partial charge >= 0.3 is 0 Å². The van der Waals surface area contributed by atoms with Crippen LogP contribution in [-0.4, -0.2) is 4.75 Å². The number of hydrogen-bond donors (Lipinski definition) is 0. The molecule has 1 heterocycles. The quantitative estimate of drug-likeness (QED) is 0.618. The normalized spacial score (nSPS) is 22.2. The van der Waals surface area contributed by atoms with E-state index in [0.29, 0.717) is 10.2 Å². The van der Waals surface area contributed by atoms with Gasteiger partial charge in [-0.3, -0.25) is 0 Å². The standard InChI is InChI=1S/C14H20S/c1-10-6-7-11-12(8-10)15-14(4,5)9-13(11,2)3/h6-8H,9H2,1-5H3. The summed E-state index contributed by atoms with van der Waals surface area (Å²) in [5, 5.41) is 0. The van der Waals surface area contributed by atoms with Crippen LogP contribution in [0.2, 0.25) is 0 Å². The molecule has 1 aliphatic rings. The van der Waals surface area contributed by atoms with Crippen LogP contribution in [0.15, 0.2) is 23.1 Å². The lowest BCUT2D eigenvalue weighted by Crippen LogP contribution is -2.33. The number of fused-ring (bicyclic) bond motifs is 1. The van der Waals surface area contributed by atoms with Crippen molar-refractivity contribution in [1.82, 2.24) is 0 Å². The van der Waals surface area contributed by atoms with Crippen LogP contribution in [0.5, 0.6) is 0 Å². The molecule has 1 aliphatic heterocycles. The summed E-state index contributed by atoms with van der Waals surface area (Å²) in [6.07, 6.45) is 1.25. The molecule has 1 aromatic rings. The molecule has 1 aromatic carbocycles. The van der Waals surface area contributed by atoms with E-state index in [-0.39, 0.29) is 0 Å². The van der Waals surface area contributed by atoms with Gasteiger partial charge in [0.05, 0.1) is 0 Å². The zero-order valence-electron chi connectivity index (χ0n) is 10.3. The minimum atomic E-state index is 0.317. The zero-order valence-corrected chi connectivity index (χ0v) is 11.2. The van der Waals surface area contributed by atoms with Gasteiger partial charge in [0.25, 0.3) is 0 Å². The van der Waals surface area contributed by atoms with Crippen molar-refractivity contribution in [2.75, 3.05) is 0 Å². The van der Waals surface area contributed by atoms with E-state index in [1.807, 2.05) is 11.8 Å². The van der Waals surface area contributed by atoms with Gasteiger partial charge in [0, 0.05) is 9.64 Å². The van der Waals surface area contributed by atoms with Crippen molar-refractivity contribution in [3.63, 3.8) is 0 Å². The van der Waals surface area contributed by atoms with Crippen molar-refractivity contribution in [1.29, 1.82) is 0 Å². The summed E-state index contributed by atoms with van der Waals surface area (Å²) in [4.78, 5) is 1.48. The van der Waals surface area contributed by atoms with Gasteiger partial charge in [-0.25, -0.2) is 0 Å². The third-order valence-electron chi connectivity index (χ3n) is 3.12. The van der Waals surface area contributed by atoms with E-state index in [1.54, 1.807) is 0 Å². The Kier molecular flexibility index (Phi) is 2.42. The minimum absolute atomic E-state index is 0.317. The predicted octanol–water partition coefficient (Wildman–Crippen LogP) is 4.55. The second-order valence-corrected chi connectivity index (χ2v) is 7.67. The van der Waals surface area contributed by atoms with Crippen molar-refractivity contribution in [3.05, 3.63) is 29.3 Å². The first-order chi connectivity index (χ1) is 6.80. The van der Waals surface area contributed by atoms with Gasteiger partial charge in [0.15, 0.2) is 0 Å². The Balaban J connectivity index is 2.55. The second-order valence-electron chi connectivity index (χ2n) is 5.92. The summed E-state index contributed by atoms with van der Waals surface area (Å²) in [7, 11) is 0. The molecule has 0 atom stereocenters. The van der Waals surface area contributed by atoms with E-state index >= 15 is 0 Å². The first kappa shape index (κ1) is 11.1. The Bertz CT molecular complexity index is 388. The molecule has 0 radical (unpaired) electrons. The van der Waals surface area contributed by atoms with Crippen molar-refractivity contribution >= 4 is 11.8 Å². The molecule has 2 rings (SSSR count). The van der Waals surface area contributed by atoms with Gasteiger partial charge in [0.1, 0.15) is 0 Å². The van der Waals surface area contributed by atoms with Gasteiger partial charge in [-0.15, -0.1) is 11.8 Å². The molecule has 1 heteroatoms. The summed E-state index contributed by atoms with van der Waals surface area (Å²) < 4.78 is 0.365. The summed E-state index contributed by atoms with van der Waals surface area (Å²) in [6, 6.07) is 6.88. The molecule has 0 N–H and O–H groups in total. The zero-order chi connectivity index (χ0) is 11.3. The van der Waals surface area contributed by atoms with Gasteiger partial charge in [-0.2, -0.15) is 0 Å². The second kappa shape index (κ2) is 3.28. The highest BCUT2D eigenvalue weighted by molar-refractivity contribution is 8.00. The highest BCUT2D eigenvalue weighted by Gasteiger charge is 2.37. The van der Waals surface area contributed by atoms with Crippen molar-refractivity contribution in [2.24, 2.45) is 0 Å². The topological polar surface area (TPSA) is 0 Å². The van der Waals surface area contributed by atoms with E-state index in [9.17, 15) is 0 Å². The molecule has 0 saturated carbocycles. The Hall–Kier alpha value is -0.430. The van der Waals surface area contributed by atoms with E-state index in [2.05, 4.69) is 52.8 Å². The average molecular weight is 220 g/mol. The van der Waals surface area contributed by atoms with Crippen molar-refractivity contribution < 1.29 is 0 Å². The lowest BCUT2D eigenvalue weighted by Gasteiger charge is -2.41. The summed E-state index contributed by atoms with van der Waals surface area (Å²) >= 11 is 2.03. The van der Waals surface area contributed by atoms with Crippen LogP contribution in [0.25, 0.3) is 0 Å². The van der Waals surface area contributed by atoms with Crippen LogP contribution < -0.4 is 0 Å². The number of hydrogen-bond acceptors (Lipinski definition) is 1. The molecule has 0 unspecified atom stereocenters. The van der Waals surface area contributed by atoms with Crippen LogP contribution in [0.1, 0.15) is 45.2 Å². The lowest BCUT2D eigenvalue weighted by atomic mass is 9.77. The Morgan fingerprint density at radius 1 is 1.13 bits per heavy atom. The molecule has 15 heavy (non-hydrogen) atoms. The molecule has 0 aliphatic carbocycles. The van der Waals surface area contributed by atoms with Gasteiger partial charge < -0.3 is 0 Å². The average Bonchev–Trinajstić information content (AvgIpc) is 1.97. The minimum Gasteiger partial charge on any atom is -0.120 e. The van der Waals surface area contributed by atoms with Crippen LogP contribution >= 0.6 is 11.8 Å². The number of aryl methyl sites for hydroxylation is 1. The van der Waals surface area contributed by atoms with Crippen LogP contribution in [0.4, 0.5) is 0 Å². The Morgan fingerprint density at radius 3 is 2.47 bits per heavy atom. The third kappa shape index (κ3) is 2.08. The highest BCUT2D eigenvalue weighted by atomic mass is 32.2. The molecule has 0 spiro atoms. The van der Waals surface area contributed by atoms with Crippen molar-refractivity contribution in [2.45, 2.75) is 56.1 Å². The SMILES string of the molecule is Cc1ccc2c(c1)SC(C)(C)CC2(C)C. The first-order valence-electron chi connectivity index (χ1n) is 5.60. The smallest absolute Gasteiger partial charge is 0.0159 e. The van der Waals surface area contributed by atoms with Crippen molar-refractivity contribution in [3.8, 4) is 0 Å². The molecular formula is C14H20S. The molecule has 82 valence electrons. The van der Waals surface area contributed by atoms with E-state index in [4.69, 9.17) is 0 Å². The number of benzene rings is 1. The number of rotatable bonds is 0. The van der Waals surface area contributed by atoms with Gasteiger partial charge in [0.2, 0.25) is 0 Å². The third-order valence-corrected chi connectivity index (χ3v) is 4.37. The fourth-order valence-electron chi connectivity index (χ4n) is 2.77. The highest BCUT2D eigenvalue weighted by Crippen LogP contribution is 2.50. The molecule has 0 saturated heterocycles. The maximum Gasteiger partial charge on any atom is 0.0159 e. The van der Waals surface area contributed by atoms with Crippen LogP contribution in [0.3, 0.4) is 0 Å². The summed E-state index contributed by atoms with van der Waals surface area (Å²) in [5.41, 5.74) is 3.21. The molecular weight excluding hydrogens is 200 g/mol. The van der Waals surface area contributed by atoms with E-state index in [1.165, 1.54) is 22.4 Å². The summed E-state index contributed by atoms with van der Waals surface area (Å²) in [5.74, 6) is 0. The van der Waals surface area contributed by atoms with Crippen LogP contribution in [0, 0.1) is 6.92 Å². The predicted molar refractivity (Wildman–Crippen MR) is 68.8 cm³/mol. The largest absolute Gasteiger partial charge is 0.120 e. The maximum atomic E-state index is 2.36. The molecule has 0 nitrogen and oxygen atoms in total. The first-order valence-corrected chi connectivity index (χ1v) is 6.42. The molecule has 0 amide bonds. The van der Waals surface area contributed by atoms with Crippen LogP contribution in [-0.2, 0) is 5.41 Å². The fraction of sp³-hybridized carbons (Fsp3) is 0.571. The maximum absolute atomic E-state index is 2.36. The Morgan fingerprint density at radius 2 is 1.80 bits per heavy atom. The molecule has 0 bridgehead atoms. The molecule has 0 fully saturated rings. The monoisotopic (exact) mass is 220 g/mol. The Labute approximate surface area is 97.5 Å². The number of thioether (sulfide) groups is 1. The molecule has 0 aromatic heterocycles. The lowest BCUT2D eigenvalue weighted by molar-refractivity contribution is 0.408. The van der Waals surface area contributed by atoms with E-state index in [0.717, 1.165) is 0 Å². The van der Waals surface area contributed by atoms with Gasteiger partial charge in [-0.1, -0.05) is 39.8 Å². The van der Waals surface area contributed by atoms with Gasteiger partial charge in [-0.05, 0) is 36.0 Å². The fourth-order valence-corrected chi connectivity index (χ4v) is 4.49. The van der Waals surface area contributed by atoms with E-state index < -0.39 is 0 Å². The summed E-state index contributed by atoms with van der Waals surface area (Å²) in [6.45, 7) is 11.6.